The van der Waals surface area contributed by atoms with Gasteiger partial charge >= 0.3 is 0 Å². The highest BCUT2D eigenvalue weighted by Gasteiger charge is 2.39. The zero-order valence-corrected chi connectivity index (χ0v) is 19.3. The molecular formula is C23H36FNO2Si. The molecule has 156 valence electrons. The average molecular weight is 406 g/mol. The van der Waals surface area contributed by atoms with Gasteiger partial charge in [0, 0.05) is 19.4 Å². The van der Waals surface area contributed by atoms with Crippen LogP contribution in [0, 0.1) is 5.82 Å². The van der Waals surface area contributed by atoms with Crippen molar-refractivity contribution >= 4 is 14.2 Å². The smallest absolute Gasteiger partial charge is 0.223 e. The molecule has 2 atom stereocenters. The van der Waals surface area contributed by atoms with E-state index < -0.39 is 8.32 Å². The maximum absolute atomic E-state index is 13.3. The van der Waals surface area contributed by atoms with E-state index in [2.05, 4.69) is 52.9 Å². The molecule has 0 aliphatic carbocycles. The fraction of sp³-hybridized carbons (Fsp3) is 0.609. The minimum atomic E-state index is -1.96. The lowest BCUT2D eigenvalue weighted by atomic mass is 10.1. The minimum absolute atomic E-state index is 0.0782. The highest BCUT2D eigenvalue weighted by molar-refractivity contribution is 6.74. The van der Waals surface area contributed by atoms with Crippen molar-refractivity contribution in [3.8, 4) is 0 Å². The fourth-order valence-electron chi connectivity index (χ4n) is 3.30. The molecule has 1 aromatic rings. The molecule has 0 N–H and O–H groups in total. The van der Waals surface area contributed by atoms with E-state index in [0.717, 1.165) is 24.9 Å². The van der Waals surface area contributed by atoms with Crippen molar-refractivity contribution in [2.75, 3.05) is 6.54 Å². The molecule has 28 heavy (non-hydrogen) atoms. The van der Waals surface area contributed by atoms with E-state index in [1.165, 1.54) is 12.1 Å². The summed E-state index contributed by atoms with van der Waals surface area (Å²) in [5.41, 5.74) is 1.06. The number of nitrogens with zero attached hydrogens (tertiary/aromatic N) is 1. The Morgan fingerprint density at radius 2 is 1.93 bits per heavy atom. The first kappa shape index (κ1) is 22.8. The molecule has 0 aromatic heterocycles. The van der Waals surface area contributed by atoms with Gasteiger partial charge in [0.05, 0.1) is 12.1 Å². The predicted molar refractivity (Wildman–Crippen MR) is 116 cm³/mol. The Labute approximate surface area is 171 Å². The van der Waals surface area contributed by atoms with Crippen LogP contribution in [0.3, 0.4) is 0 Å². The second kappa shape index (κ2) is 9.36. The summed E-state index contributed by atoms with van der Waals surface area (Å²) in [4.78, 5) is 14.1. The first-order valence-corrected chi connectivity index (χ1v) is 13.3. The highest BCUT2D eigenvalue weighted by atomic mass is 28.4. The van der Waals surface area contributed by atoms with Crippen LogP contribution in [0.5, 0.6) is 0 Å². The number of carbonyl (C=O) groups is 1. The molecule has 1 saturated heterocycles. The summed E-state index contributed by atoms with van der Waals surface area (Å²) in [6.07, 6.45) is 7.38. The van der Waals surface area contributed by atoms with E-state index >= 15 is 0 Å². The number of likely N-dealkylation sites (tertiary alicyclic amines) is 1. The first-order valence-electron chi connectivity index (χ1n) is 10.4. The van der Waals surface area contributed by atoms with Gasteiger partial charge in [0.1, 0.15) is 5.82 Å². The topological polar surface area (TPSA) is 29.5 Å². The van der Waals surface area contributed by atoms with Gasteiger partial charge in [-0.05, 0) is 48.7 Å². The molecule has 1 amide bonds. The summed E-state index contributed by atoms with van der Waals surface area (Å²) in [5, 5.41) is 0.111. The summed E-state index contributed by atoms with van der Waals surface area (Å²) in [6, 6.07) is 6.81. The van der Waals surface area contributed by atoms with Gasteiger partial charge in [-0.25, -0.2) is 4.39 Å². The summed E-state index contributed by atoms with van der Waals surface area (Å²) >= 11 is 0. The summed E-state index contributed by atoms with van der Waals surface area (Å²) in [7, 11) is -1.96. The Morgan fingerprint density at radius 1 is 1.29 bits per heavy atom. The Kier molecular flexibility index (Phi) is 7.63. The maximum atomic E-state index is 13.3. The molecule has 5 heteroatoms. The third-order valence-electron chi connectivity index (χ3n) is 5.99. The highest BCUT2D eigenvalue weighted by Crippen LogP contribution is 2.38. The van der Waals surface area contributed by atoms with Crippen LogP contribution >= 0.6 is 0 Å². The van der Waals surface area contributed by atoms with Crippen molar-refractivity contribution in [3.63, 3.8) is 0 Å². The van der Waals surface area contributed by atoms with Gasteiger partial charge < -0.3 is 9.33 Å². The molecule has 0 bridgehead atoms. The largest absolute Gasteiger partial charge is 0.410 e. The van der Waals surface area contributed by atoms with Gasteiger partial charge in [-0.2, -0.15) is 0 Å². The quantitative estimate of drug-likeness (QED) is 0.409. The minimum Gasteiger partial charge on any atom is -0.410 e. The van der Waals surface area contributed by atoms with E-state index in [1.807, 2.05) is 17.0 Å². The van der Waals surface area contributed by atoms with Crippen molar-refractivity contribution in [1.82, 2.24) is 4.90 Å². The zero-order valence-electron chi connectivity index (χ0n) is 18.3. The van der Waals surface area contributed by atoms with Crippen molar-refractivity contribution in [3.05, 3.63) is 47.8 Å². The predicted octanol–water partition coefficient (Wildman–Crippen LogP) is 5.72. The number of hydrogen-bond donors (Lipinski definition) is 0. The normalized spacial score (nSPS) is 19.6. The van der Waals surface area contributed by atoms with Crippen molar-refractivity contribution < 1.29 is 13.6 Å². The number of amides is 1. The summed E-state index contributed by atoms with van der Waals surface area (Å²) in [5.74, 6) is 0.0257. The summed E-state index contributed by atoms with van der Waals surface area (Å²) in [6.45, 7) is 14.1. The Balaban J connectivity index is 2.19. The first-order chi connectivity index (χ1) is 13.0. The number of rotatable bonds is 8. The van der Waals surface area contributed by atoms with Crippen LogP contribution in [0.1, 0.15) is 52.5 Å². The van der Waals surface area contributed by atoms with Gasteiger partial charge in [0.2, 0.25) is 5.91 Å². The molecular weight excluding hydrogens is 369 g/mol. The number of carbonyl (C=O) groups excluding carboxylic acids is 1. The van der Waals surface area contributed by atoms with Gasteiger partial charge in [0.15, 0.2) is 8.32 Å². The number of benzene rings is 1. The molecule has 1 heterocycles. The van der Waals surface area contributed by atoms with Crippen LogP contribution in [0.2, 0.25) is 18.1 Å². The number of halogens is 1. The monoisotopic (exact) mass is 405 g/mol. The SMILES string of the molecule is CCCN1C(=O)CC[C@@H]1/C=C/[C@H](Cc1ccc(F)cc1)O[Si](C)(C)C(C)(C)C. The van der Waals surface area contributed by atoms with Gasteiger partial charge in [0.25, 0.3) is 0 Å². The molecule has 1 aromatic carbocycles. The van der Waals surface area contributed by atoms with Gasteiger partial charge in [-0.3, -0.25) is 4.79 Å². The van der Waals surface area contributed by atoms with Crippen molar-refractivity contribution in [2.45, 2.75) is 83.7 Å². The van der Waals surface area contributed by atoms with Crippen molar-refractivity contribution in [1.29, 1.82) is 0 Å². The van der Waals surface area contributed by atoms with Gasteiger partial charge in [-0.1, -0.05) is 52.0 Å². The summed E-state index contributed by atoms with van der Waals surface area (Å²) < 4.78 is 20.0. The van der Waals surface area contributed by atoms with Crippen LogP contribution in [-0.4, -0.2) is 37.8 Å². The van der Waals surface area contributed by atoms with Crippen molar-refractivity contribution in [2.24, 2.45) is 0 Å². The fourth-order valence-corrected chi connectivity index (χ4v) is 4.57. The van der Waals surface area contributed by atoms with Crippen LogP contribution < -0.4 is 0 Å². The molecule has 2 rings (SSSR count). The molecule has 0 saturated carbocycles. The lowest BCUT2D eigenvalue weighted by Crippen LogP contribution is -2.44. The van der Waals surface area contributed by atoms with E-state index in [0.29, 0.717) is 12.8 Å². The van der Waals surface area contributed by atoms with Crippen LogP contribution in [0.25, 0.3) is 0 Å². The molecule has 3 nitrogen and oxygen atoms in total. The molecule has 0 radical (unpaired) electrons. The number of hydrogen-bond acceptors (Lipinski definition) is 2. The molecule has 0 unspecified atom stereocenters. The molecule has 0 spiro atoms. The third-order valence-corrected chi connectivity index (χ3v) is 10.5. The average Bonchev–Trinajstić information content (AvgIpc) is 2.94. The van der Waals surface area contributed by atoms with E-state index in [4.69, 9.17) is 4.43 Å². The maximum Gasteiger partial charge on any atom is 0.223 e. The standard InChI is InChI=1S/C23H36FNO2Si/c1-7-16-25-20(13-15-22(25)26)12-14-21(27-28(5,6)23(2,3)4)17-18-8-10-19(24)11-9-18/h8-12,14,20-21H,7,13,15-17H2,1-6H3/b14-12+/t20-,21+/m0/s1. The van der Waals surface area contributed by atoms with E-state index in [-0.39, 0.29) is 28.9 Å². The van der Waals surface area contributed by atoms with Crippen LogP contribution in [-0.2, 0) is 15.6 Å². The second-order valence-corrected chi connectivity index (χ2v) is 14.1. The second-order valence-electron chi connectivity index (χ2n) is 9.33. The van der Waals surface area contributed by atoms with E-state index in [1.54, 1.807) is 0 Å². The van der Waals surface area contributed by atoms with Gasteiger partial charge in [-0.15, -0.1) is 0 Å². The Morgan fingerprint density at radius 3 is 2.50 bits per heavy atom. The molecule has 1 aliphatic heterocycles. The lowest BCUT2D eigenvalue weighted by Gasteiger charge is -2.39. The van der Waals surface area contributed by atoms with E-state index in [9.17, 15) is 9.18 Å². The molecule has 1 fully saturated rings. The Hall–Kier alpha value is -1.46. The molecule has 1 aliphatic rings. The van der Waals surface area contributed by atoms with Crippen LogP contribution in [0.4, 0.5) is 4.39 Å². The van der Waals surface area contributed by atoms with Crippen LogP contribution in [0.15, 0.2) is 36.4 Å². The third kappa shape index (κ3) is 6.02. The Bertz CT molecular complexity index is 679. The zero-order chi connectivity index (χ0) is 20.9. The lowest BCUT2D eigenvalue weighted by molar-refractivity contribution is -0.128.